The predicted molar refractivity (Wildman–Crippen MR) is 180 cm³/mol. The van der Waals surface area contributed by atoms with Crippen LogP contribution in [0, 0.1) is 23.3 Å². The maximum Gasteiger partial charge on any atom is 0.330 e. The highest BCUT2D eigenvalue weighted by Gasteiger charge is 2.21. The van der Waals surface area contributed by atoms with E-state index in [1.54, 1.807) is 26.0 Å². The Morgan fingerprint density at radius 3 is 1.67 bits per heavy atom. The van der Waals surface area contributed by atoms with Crippen LogP contribution in [0.5, 0.6) is 0 Å². The molecule has 11 nitrogen and oxygen atoms in total. The van der Waals surface area contributed by atoms with Crippen LogP contribution < -0.4 is 16.0 Å². The molecule has 2 unspecified atom stereocenters. The van der Waals surface area contributed by atoms with Crippen molar-refractivity contribution in [2.45, 2.75) is 71.4 Å². The first-order valence-corrected chi connectivity index (χ1v) is 15.9. The fourth-order valence-electron chi connectivity index (χ4n) is 4.62. The number of carbonyl (C=O) groups excluding carboxylic acids is 4. The van der Waals surface area contributed by atoms with Crippen molar-refractivity contribution >= 4 is 41.1 Å². The minimum atomic E-state index is -1.12. The maximum atomic E-state index is 13.3. The van der Waals surface area contributed by atoms with E-state index in [1.807, 2.05) is 6.92 Å². The van der Waals surface area contributed by atoms with Crippen LogP contribution in [0.25, 0.3) is 5.57 Å². The minimum Gasteiger partial charge on any atom is -0.480 e. The van der Waals surface area contributed by atoms with Crippen molar-refractivity contribution in [2.75, 3.05) is 12.4 Å². The molecule has 274 valence electrons. The van der Waals surface area contributed by atoms with Crippen LogP contribution in [-0.2, 0) is 41.6 Å². The summed E-state index contributed by atoms with van der Waals surface area (Å²) in [7, 11) is 1.28. The molecule has 2 atom stereocenters. The summed E-state index contributed by atoms with van der Waals surface area (Å²) in [5, 5.41) is 16.4. The highest BCUT2D eigenvalue weighted by Crippen LogP contribution is 2.16. The van der Waals surface area contributed by atoms with Crippen LogP contribution in [0.2, 0.25) is 0 Å². The Hall–Kier alpha value is -5.60. The number of pyridine rings is 1. The van der Waals surface area contributed by atoms with Gasteiger partial charge in [-0.15, -0.1) is 0 Å². The molecule has 0 saturated carbocycles. The third kappa shape index (κ3) is 15.2. The van der Waals surface area contributed by atoms with Crippen LogP contribution in [0.15, 0.2) is 60.8 Å². The van der Waals surface area contributed by atoms with Crippen molar-refractivity contribution in [1.29, 1.82) is 0 Å². The van der Waals surface area contributed by atoms with Crippen molar-refractivity contribution in [1.82, 2.24) is 15.6 Å². The summed E-state index contributed by atoms with van der Waals surface area (Å²) < 4.78 is 57.1. The second-order valence-electron chi connectivity index (χ2n) is 11.3. The maximum absolute atomic E-state index is 13.3. The van der Waals surface area contributed by atoms with E-state index in [-0.39, 0.29) is 29.8 Å². The lowest BCUT2D eigenvalue weighted by atomic mass is 10.1. The molecule has 4 N–H and O–H groups in total. The first-order chi connectivity index (χ1) is 24.1. The van der Waals surface area contributed by atoms with E-state index in [0.29, 0.717) is 42.9 Å². The Morgan fingerprint density at radius 1 is 0.784 bits per heavy atom. The summed E-state index contributed by atoms with van der Waals surface area (Å²) in [6.07, 6.45) is 4.20. The molecule has 0 aliphatic heterocycles. The van der Waals surface area contributed by atoms with E-state index in [1.165, 1.54) is 19.4 Å². The number of amides is 3. The highest BCUT2D eigenvalue weighted by atomic mass is 19.1. The van der Waals surface area contributed by atoms with Gasteiger partial charge in [-0.3, -0.25) is 14.4 Å². The number of hydrogen-bond acceptors (Lipinski definition) is 7. The SMILES string of the molecule is CCCC(NC(=O)Cc1cc(F)cc(F)c1)C(=O)Nc1ccc(C(C)=CC(=O)OC)cn1.CCCC(NC(=O)Cc1cc(F)cc(F)c1)C(=O)O. The van der Waals surface area contributed by atoms with Gasteiger partial charge in [-0.25, -0.2) is 32.1 Å². The number of aliphatic carboxylic acids is 1. The Balaban J connectivity index is 0.000000404. The van der Waals surface area contributed by atoms with Crippen LogP contribution in [-0.4, -0.2) is 58.9 Å². The Labute approximate surface area is 292 Å². The minimum absolute atomic E-state index is 0.163. The molecule has 2 aromatic carbocycles. The van der Waals surface area contributed by atoms with Gasteiger partial charge in [-0.2, -0.15) is 0 Å². The van der Waals surface area contributed by atoms with Crippen molar-refractivity contribution in [2.24, 2.45) is 0 Å². The summed E-state index contributed by atoms with van der Waals surface area (Å²) in [6, 6.07) is 7.09. The summed E-state index contributed by atoms with van der Waals surface area (Å²) >= 11 is 0. The number of carboxylic acids is 1. The van der Waals surface area contributed by atoms with Gasteiger partial charge in [-0.05, 0) is 78.4 Å². The molecule has 1 heterocycles. The number of allylic oxidation sites excluding steroid dienone is 1. The normalized spacial score (nSPS) is 12.0. The molecule has 3 aromatic rings. The number of aromatic nitrogens is 1. The molecule has 0 radical (unpaired) electrons. The standard InChI is InChI=1S/C23H25F2N3O4.C13H15F2NO3/c1-4-5-19(27-21(29)11-15-9-17(24)12-18(25)10-15)23(31)28-20-7-6-16(13-26-20)14(2)8-22(30)32-3;1-2-3-11(13(18)19)16-12(17)6-8-4-9(14)7-10(15)5-8/h6-10,12-13,19H,4-5,11H2,1-3H3,(H,27,29)(H,26,28,31);4-5,7,11H,2-3,6H2,1H3,(H,16,17)(H,18,19). The number of halogens is 4. The van der Waals surface area contributed by atoms with Crippen molar-refractivity contribution in [3.05, 3.63) is 101 Å². The van der Waals surface area contributed by atoms with Gasteiger partial charge in [0.05, 0.1) is 20.0 Å². The number of nitrogens with zero attached hydrogens (tertiary/aromatic N) is 1. The zero-order valence-corrected chi connectivity index (χ0v) is 28.5. The van der Waals surface area contributed by atoms with E-state index >= 15 is 0 Å². The van der Waals surface area contributed by atoms with Gasteiger partial charge in [0.15, 0.2) is 0 Å². The number of carbonyl (C=O) groups is 5. The van der Waals surface area contributed by atoms with Crippen LogP contribution in [0.3, 0.4) is 0 Å². The number of methoxy groups -OCH3 is 1. The fraction of sp³-hybridized carbons (Fsp3) is 0.333. The van der Waals surface area contributed by atoms with Crippen molar-refractivity contribution < 1.29 is 51.4 Å². The first kappa shape index (κ1) is 41.6. The predicted octanol–water partition coefficient (Wildman–Crippen LogP) is 5.28. The number of benzene rings is 2. The molecule has 0 spiro atoms. The number of esters is 1. The Kier molecular flexibility index (Phi) is 17.0. The Morgan fingerprint density at radius 2 is 1.25 bits per heavy atom. The van der Waals surface area contributed by atoms with Crippen LogP contribution in [0.1, 0.15) is 63.1 Å². The number of rotatable bonds is 15. The quantitative estimate of drug-likeness (QED) is 0.0938. The van der Waals surface area contributed by atoms with Gasteiger partial charge < -0.3 is 25.8 Å². The van der Waals surface area contributed by atoms with E-state index in [9.17, 15) is 41.5 Å². The molecule has 3 rings (SSSR count). The van der Waals surface area contributed by atoms with Crippen LogP contribution >= 0.6 is 0 Å². The van der Waals surface area contributed by atoms with Crippen LogP contribution in [0.4, 0.5) is 23.4 Å². The largest absolute Gasteiger partial charge is 0.480 e. The molecule has 51 heavy (non-hydrogen) atoms. The lowest BCUT2D eigenvalue weighted by molar-refractivity contribution is -0.142. The smallest absolute Gasteiger partial charge is 0.330 e. The molecule has 0 aliphatic rings. The highest BCUT2D eigenvalue weighted by molar-refractivity contribution is 5.97. The van der Waals surface area contributed by atoms with Gasteiger partial charge in [0, 0.05) is 24.4 Å². The molecule has 3 amide bonds. The number of ether oxygens (including phenoxy) is 1. The molecular weight excluding hydrogens is 676 g/mol. The second kappa shape index (κ2) is 20.8. The summed E-state index contributed by atoms with van der Waals surface area (Å²) in [4.78, 5) is 62.9. The number of anilines is 1. The van der Waals surface area contributed by atoms with Gasteiger partial charge in [-0.1, -0.05) is 26.7 Å². The Bertz CT molecular complexity index is 1680. The first-order valence-electron chi connectivity index (χ1n) is 15.9. The number of carboxylic acid groups (broad SMARTS) is 1. The summed E-state index contributed by atoms with van der Waals surface area (Å²) in [5.74, 6) is -6.01. The number of hydrogen-bond donors (Lipinski definition) is 4. The molecule has 0 aliphatic carbocycles. The van der Waals surface area contributed by atoms with E-state index in [2.05, 4.69) is 25.7 Å². The molecule has 15 heteroatoms. The van der Waals surface area contributed by atoms with Gasteiger partial charge >= 0.3 is 11.9 Å². The fourth-order valence-corrected chi connectivity index (χ4v) is 4.62. The second-order valence-corrected chi connectivity index (χ2v) is 11.3. The number of nitrogens with one attached hydrogen (secondary N) is 3. The lowest BCUT2D eigenvalue weighted by Gasteiger charge is -2.18. The summed E-state index contributed by atoms with van der Waals surface area (Å²) in [5.41, 5.74) is 1.65. The van der Waals surface area contributed by atoms with Gasteiger partial charge in [0.1, 0.15) is 41.2 Å². The van der Waals surface area contributed by atoms with Crippen molar-refractivity contribution in [3.63, 3.8) is 0 Å². The average Bonchev–Trinajstić information content (AvgIpc) is 3.03. The third-order valence-electron chi connectivity index (χ3n) is 7.02. The molecular formula is C36H40F4N4O7. The topological polar surface area (TPSA) is 164 Å². The van der Waals surface area contributed by atoms with E-state index in [4.69, 9.17) is 5.11 Å². The van der Waals surface area contributed by atoms with E-state index < -0.39 is 65.0 Å². The summed E-state index contributed by atoms with van der Waals surface area (Å²) in [6.45, 7) is 5.38. The van der Waals surface area contributed by atoms with Gasteiger partial charge in [0.25, 0.3) is 0 Å². The van der Waals surface area contributed by atoms with Crippen molar-refractivity contribution in [3.8, 4) is 0 Å². The zero-order chi connectivity index (χ0) is 38.1. The zero-order valence-electron chi connectivity index (χ0n) is 28.5. The average molecular weight is 717 g/mol. The lowest BCUT2D eigenvalue weighted by Crippen LogP contribution is -2.44. The third-order valence-corrected chi connectivity index (χ3v) is 7.02. The van der Waals surface area contributed by atoms with Gasteiger partial charge in [0.2, 0.25) is 17.7 Å². The molecule has 0 saturated heterocycles. The molecule has 0 bridgehead atoms. The molecule has 0 fully saturated rings. The monoisotopic (exact) mass is 716 g/mol. The molecule has 1 aromatic heterocycles. The van der Waals surface area contributed by atoms with E-state index in [0.717, 1.165) is 30.3 Å².